The Hall–Kier alpha value is -0.210. The molecule has 78 valence electrons. The molecule has 1 nitrogen and oxygen atoms in total. The molecule has 3 heteroatoms. The summed E-state index contributed by atoms with van der Waals surface area (Å²) >= 11 is 9.15. The zero-order valence-electron chi connectivity index (χ0n) is 8.22. The summed E-state index contributed by atoms with van der Waals surface area (Å²) in [5.74, 6) is 1.65. The molecule has 0 heterocycles. The van der Waals surface area contributed by atoms with Gasteiger partial charge in [-0.1, -0.05) is 15.9 Å². The number of benzene rings is 1. The van der Waals surface area contributed by atoms with E-state index in [9.17, 15) is 0 Å². The fourth-order valence-electron chi connectivity index (χ4n) is 1.28. The number of unbranched alkanes of at least 4 members (excludes halogenated alkanes) is 1. The zero-order chi connectivity index (χ0) is 10.4. The number of alkyl halides is 1. The van der Waals surface area contributed by atoms with E-state index in [-0.39, 0.29) is 0 Å². The van der Waals surface area contributed by atoms with Crippen molar-refractivity contribution in [2.75, 3.05) is 13.0 Å². The second-order valence-corrected chi connectivity index (χ2v) is 4.34. The van der Waals surface area contributed by atoms with E-state index in [0.29, 0.717) is 0 Å². The van der Waals surface area contributed by atoms with Gasteiger partial charge in [-0.25, -0.2) is 0 Å². The fourth-order valence-corrected chi connectivity index (χ4v) is 1.91. The first kappa shape index (κ1) is 11.9. The van der Waals surface area contributed by atoms with Crippen molar-refractivity contribution in [3.05, 3.63) is 28.2 Å². The monoisotopic (exact) mass is 276 g/mol. The Morgan fingerprint density at radius 1 is 1.36 bits per heavy atom. The highest BCUT2D eigenvalue weighted by molar-refractivity contribution is 9.10. The van der Waals surface area contributed by atoms with Crippen LogP contribution < -0.4 is 4.74 Å². The van der Waals surface area contributed by atoms with Gasteiger partial charge in [-0.2, -0.15) is 0 Å². The summed E-state index contributed by atoms with van der Waals surface area (Å²) in [6.07, 6.45) is 3.23. The topological polar surface area (TPSA) is 9.23 Å². The minimum atomic E-state index is 0.738. The van der Waals surface area contributed by atoms with Gasteiger partial charge in [-0.05, 0) is 43.0 Å². The maximum Gasteiger partial charge on any atom is 0.119 e. The smallest absolute Gasteiger partial charge is 0.119 e. The maximum absolute atomic E-state index is 5.63. The quantitative estimate of drug-likeness (QED) is 0.583. The molecule has 0 fully saturated rings. The van der Waals surface area contributed by atoms with Crippen LogP contribution in [0, 0.1) is 0 Å². The highest BCUT2D eigenvalue weighted by Gasteiger charge is 2.01. The molecule has 1 rings (SSSR count). The Kier molecular flexibility index (Phi) is 5.34. The molecule has 14 heavy (non-hydrogen) atoms. The molecule has 0 amide bonds. The van der Waals surface area contributed by atoms with Crippen molar-refractivity contribution >= 4 is 27.5 Å². The minimum Gasteiger partial charge on any atom is -0.497 e. The minimum absolute atomic E-state index is 0.738. The van der Waals surface area contributed by atoms with Gasteiger partial charge < -0.3 is 4.74 Å². The largest absolute Gasteiger partial charge is 0.497 e. The normalized spacial score (nSPS) is 10.2. The third kappa shape index (κ3) is 3.50. The lowest BCUT2D eigenvalue weighted by Gasteiger charge is -2.06. The Labute approximate surface area is 98.5 Å². The molecule has 0 aliphatic heterocycles. The number of halogens is 2. The van der Waals surface area contributed by atoms with Crippen molar-refractivity contribution in [1.82, 2.24) is 0 Å². The molecule has 0 saturated heterocycles. The van der Waals surface area contributed by atoms with Crippen LogP contribution in [0.5, 0.6) is 5.75 Å². The van der Waals surface area contributed by atoms with Crippen LogP contribution in [-0.4, -0.2) is 13.0 Å². The summed E-state index contributed by atoms with van der Waals surface area (Å²) in [5.41, 5.74) is 1.29. The van der Waals surface area contributed by atoms with Crippen LogP contribution in [0.15, 0.2) is 22.7 Å². The number of hydrogen-bond acceptors (Lipinski definition) is 1. The van der Waals surface area contributed by atoms with Crippen LogP contribution in [0.4, 0.5) is 0 Å². The van der Waals surface area contributed by atoms with Crippen molar-refractivity contribution in [3.63, 3.8) is 0 Å². The molecule has 0 aromatic heterocycles. The lowest BCUT2D eigenvalue weighted by atomic mass is 10.1. The summed E-state index contributed by atoms with van der Waals surface area (Å²) in [4.78, 5) is 0. The van der Waals surface area contributed by atoms with Crippen LogP contribution in [0.2, 0.25) is 0 Å². The summed E-state index contributed by atoms with van der Waals surface area (Å²) in [6.45, 7) is 0. The predicted octanol–water partition coefficient (Wildman–Crippen LogP) is 4.02. The van der Waals surface area contributed by atoms with Gasteiger partial charge in [-0.15, -0.1) is 11.6 Å². The SMILES string of the molecule is COc1ccc(Br)c(CCCCCl)c1. The van der Waals surface area contributed by atoms with Crippen LogP contribution >= 0.6 is 27.5 Å². The van der Waals surface area contributed by atoms with E-state index in [4.69, 9.17) is 16.3 Å². The third-order valence-corrected chi connectivity index (χ3v) is 3.12. The van der Waals surface area contributed by atoms with Gasteiger partial charge in [0.15, 0.2) is 0 Å². The predicted molar refractivity (Wildman–Crippen MR) is 64.4 cm³/mol. The molecule has 0 bridgehead atoms. The second kappa shape index (κ2) is 6.31. The second-order valence-electron chi connectivity index (χ2n) is 3.10. The van der Waals surface area contributed by atoms with E-state index in [1.165, 1.54) is 5.56 Å². The molecule has 0 atom stereocenters. The van der Waals surface area contributed by atoms with Gasteiger partial charge in [-0.3, -0.25) is 0 Å². The molecular formula is C11H14BrClO. The highest BCUT2D eigenvalue weighted by Crippen LogP contribution is 2.23. The average Bonchev–Trinajstić information content (AvgIpc) is 2.21. The Bertz CT molecular complexity index is 289. The van der Waals surface area contributed by atoms with Crippen LogP contribution in [0.1, 0.15) is 18.4 Å². The summed E-state index contributed by atoms with van der Waals surface area (Å²) in [5, 5.41) is 0. The van der Waals surface area contributed by atoms with Crippen LogP contribution in [-0.2, 0) is 6.42 Å². The molecular weight excluding hydrogens is 263 g/mol. The lowest BCUT2D eigenvalue weighted by molar-refractivity contribution is 0.414. The van der Waals surface area contributed by atoms with E-state index < -0.39 is 0 Å². The van der Waals surface area contributed by atoms with Gasteiger partial charge >= 0.3 is 0 Å². The van der Waals surface area contributed by atoms with Crippen molar-refractivity contribution in [3.8, 4) is 5.75 Å². The third-order valence-electron chi connectivity index (χ3n) is 2.08. The number of methoxy groups -OCH3 is 1. The van der Waals surface area contributed by atoms with Gasteiger partial charge in [0.1, 0.15) is 5.75 Å². The molecule has 0 spiro atoms. The maximum atomic E-state index is 5.63. The number of rotatable bonds is 5. The standard InChI is InChI=1S/C11H14BrClO/c1-14-10-5-6-11(12)9(8-10)4-2-3-7-13/h5-6,8H,2-4,7H2,1H3. The van der Waals surface area contributed by atoms with E-state index >= 15 is 0 Å². The van der Waals surface area contributed by atoms with E-state index in [1.54, 1.807) is 7.11 Å². The zero-order valence-corrected chi connectivity index (χ0v) is 10.6. The average molecular weight is 278 g/mol. The van der Waals surface area contributed by atoms with Gasteiger partial charge in [0.2, 0.25) is 0 Å². The summed E-state index contributed by atoms with van der Waals surface area (Å²) < 4.78 is 6.32. The van der Waals surface area contributed by atoms with Gasteiger partial charge in [0, 0.05) is 10.4 Å². The van der Waals surface area contributed by atoms with Gasteiger partial charge in [0.25, 0.3) is 0 Å². The Morgan fingerprint density at radius 2 is 2.14 bits per heavy atom. The summed E-state index contributed by atoms with van der Waals surface area (Å²) in [7, 11) is 1.69. The molecule has 0 aliphatic rings. The molecule has 1 aromatic rings. The Balaban J connectivity index is 2.64. The molecule has 0 aliphatic carbocycles. The fraction of sp³-hybridized carbons (Fsp3) is 0.455. The van der Waals surface area contributed by atoms with E-state index in [2.05, 4.69) is 22.0 Å². The van der Waals surface area contributed by atoms with Gasteiger partial charge in [0.05, 0.1) is 7.11 Å². The van der Waals surface area contributed by atoms with Crippen LogP contribution in [0.3, 0.4) is 0 Å². The van der Waals surface area contributed by atoms with Crippen molar-refractivity contribution in [2.45, 2.75) is 19.3 Å². The van der Waals surface area contributed by atoms with E-state index in [0.717, 1.165) is 35.4 Å². The van der Waals surface area contributed by atoms with Crippen molar-refractivity contribution in [2.24, 2.45) is 0 Å². The van der Waals surface area contributed by atoms with Crippen LogP contribution in [0.25, 0.3) is 0 Å². The first-order valence-corrected chi connectivity index (χ1v) is 5.99. The molecule has 1 aromatic carbocycles. The molecule has 0 radical (unpaired) electrons. The number of aryl methyl sites for hydroxylation is 1. The number of ether oxygens (including phenoxy) is 1. The van der Waals surface area contributed by atoms with E-state index in [1.807, 2.05) is 12.1 Å². The lowest BCUT2D eigenvalue weighted by Crippen LogP contribution is -1.90. The Morgan fingerprint density at radius 3 is 2.79 bits per heavy atom. The highest BCUT2D eigenvalue weighted by atomic mass is 79.9. The number of hydrogen-bond donors (Lipinski definition) is 0. The first-order valence-electron chi connectivity index (χ1n) is 4.66. The molecule has 0 saturated carbocycles. The summed E-state index contributed by atoms with van der Waals surface area (Å²) in [6, 6.07) is 6.04. The van der Waals surface area contributed by atoms with Crippen molar-refractivity contribution < 1.29 is 4.74 Å². The molecule has 0 N–H and O–H groups in total. The van der Waals surface area contributed by atoms with Crippen molar-refractivity contribution in [1.29, 1.82) is 0 Å². The first-order chi connectivity index (χ1) is 6.77. The molecule has 0 unspecified atom stereocenters.